The molecule has 0 aliphatic carbocycles. The molecule has 0 saturated carbocycles. The zero-order chi connectivity index (χ0) is 25.8. The number of nitrogens with one attached hydrogen (secondary N) is 1. The fourth-order valence-electron chi connectivity index (χ4n) is 3.50. The number of aromatic carboxylic acids is 1. The third-order valence-corrected chi connectivity index (χ3v) is 5.54. The molecule has 1 saturated heterocycles. The van der Waals surface area contributed by atoms with Crippen LogP contribution in [0.1, 0.15) is 21.5 Å². The van der Waals surface area contributed by atoms with Crippen LogP contribution in [0.2, 0.25) is 5.02 Å². The van der Waals surface area contributed by atoms with Crippen molar-refractivity contribution in [3.05, 3.63) is 94.0 Å². The van der Waals surface area contributed by atoms with E-state index in [1.807, 2.05) is 30.3 Å². The molecule has 0 unspecified atom stereocenters. The maximum absolute atomic E-state index is 13.1. The van der Waals surface area contributed by atoms with E-state index in [2.05, 4.69) is 5.32 Å². The minimum atomic E-state index is -1.16. The van der Waals surface area contributed by atoms with Gasteiger partial charge in [0.2, 0.25) is 0 Å². The van der Waals surface area contributed by atoms with Crippen molar-refractivity contribution in [2.75, 3.05) is 12.0 Å². The van der Waals surface area contributed by atoms with Gasteiger partial charge in [-0.1, -0.05) is 41.9 Å². The van der Waals surface area contributed by atoms with Gasteiger partial charge in [0.1, 0.15) is 12.2 Å². The Morgan fingerprint density at radius 1 is 1.06 bits per heavy atom. The lowest BCUT2D eigenvalue weighted by molar-refractivity contribution is -0.122. The van der Waals surface area contributed by atoms with Gasteiger partial charge in [-0.2, -0.15) is 0 Å². The number of benzene rings is 3. The monoisotopic (exact) mass is 506 g/mol. The van der Waals surface area contributed by atoms with Crippen LogP contribution in [0.15, 0.2) is 72.3 Å². The summed E-state index contributed by atoms with van der Waals surface area (Å²) in [6.45, 7) is 0.246. The summed E-state index contributed by atoms with van der Waals surface area (Å²) in [5.74, 6) is -2.35. The van der Waals surface area contributed by atoms with Crippen LogP contribution >= 0.6 is 11.6 Å². The second-order valence-electron chi connectivity index (χ2n) is 7.62. The summed E-state index contributed by atoms with van der Waals surface area (Å²) in [5, 5.41) is 11.4. The highest BCUT2D eigenvalue weighted by atomic mass is 35.5. The van der Waals surface area contributed by atoms with Crippen LogP contribution in [0.3, 0.4) is 0 Å². The highest BCUT2D eigenvalue weighted by Gasteiger charge is 2.37. The van der Waals surface area contributed by atoms with E-state index >= 15 is 0 Å². The van der Waals surface area contributed by atoms with E-state index in [-0.39, 0.29) is 34.2 Å². The SMILES string of the molecule is COc1cc(/C=C2\C(=O)NC(=O)N(c3ccc(C(=O)O)cc3)C2=O)cc(Cl)c1OCc1ccccc1. The molecule has 4 amide bonds. The van der Waals surface area contributed by atoms with Gasteiger partial charge in [-0.25, -0.2) is 14.5 Å². The van der Waals surface area contributed by atoms with Crippen molar-refractivity contribution >= 4 is 47.2 Å². The van der Waals surface area contributed by atoms with Gasteiger partial charge in [0.25, 0.3) is 11.8 Å². The van der Waals surface area contributed by atoms with E-state index in [0.717, 1.165) is 10.5 Å². The number of hydrogen-bond acceptors (Lipinski definition) is 6. The summed E-state index contributed by atoms with van der Waals surface area (Å²) < 4.78 is 11.2. The number of carbonyl (C=O) groups is 4. The highest BCUT2D eigenvalue weighted by molar-refractivity contribution is 6.39. The third-order valence-electron chi connectivity index (χ3n) is 5.26. The Bertz CT molecular complexity index is 1390. The van der Waals surface area contributed by atoms with Gasteiger partial charge < -0.3 is 14.6 Å². The molecule has 0 bridgehead atoms. The zero-order valence-corrected chi connectivity index (χ0v) is 19.6. The van der Waals surface area contributed by atoms with Crippen molar-refractivity contribution in [1.82, 2.24) is 5.32 Å². The first-order chi connectivity index (χ1) is 17.3. The summed E-state index contributed by atoms with van der Waals surface area (Å²) >= 11 is 6.43. The number of carboxylic acids is 1. The van der Waals surface area contributed by atoms with E-state index < -0.39 is 23.8 Å². The molecule has 182 valence electrons. The smallest absolute Gasteiger partial charge is 0.335 e. The largest absolute Gasteiger partial charge is 0.493 e. The molecular weight excluding hydrogens is 488 g/mol. The number of amides is 4. The number of imide groups is 2. The van der Waals surface area contributed by atoms with Crippen molar-refractivity contribution in [2.45, 2.75) is 6.61 Å². The number of urea groups is 1. The van der Waals surface area contributed by atoms with Crippen molar-refractivity contribution < 1.29 is 33.8 Å². The zero-order valence-electron chi connectivity index (χ0n) is 18.9. The molecule has 1 fully saturated rings. The van der Waals surface area contributed by atoms with E-state index in [0.29, 0.717) is 11.3 Å². The van der Waals surface area contributed by atoms with Gasteiger partial charge in [0, 0.05) is 0 Å². The molecule has 1 aliphatic heterocycles. The molecule has 2 N–H and O–H groups in total. The fourth-order valence-corrected chi connectivity index (χ4v) is 3.78. The van der Waals surface area contributed by atoms with Crippen LogP contribution in [0.5, 0.6) is 11.5 Å². The van der Waals surface area contributed by atoms with Crippen LogP contribution in [0, 0.1) is 0 Å². The predicted molar refractivity (Wildman–Crippen MR) is 131 cm³/mol. The number of hydrogen-bond donors (Lipinski definition) is 2. The topological polar surface area (TPSA) is 122 Å². The molecule has 9 nitrogen and oxygen atoms in total. The van der Waals surface area contributed by atoms with Crippen LogP contribution in [-0.4, -0.2) is 36.0 Å². The second kappa shape index (κ2) is 10.3. The number of nitrogens with zero attached hydrogens (tertiary/aromatic N) is 1. The summed E-state index contributed by atoms with van der Waals surface area (Å²) in [6, 6.07) is 16.6. The van der Waals surface area contributed by atoms with Gasteiger partial charge in [0.05, 0.1) is 23.4 Å². The Hall–Kier alpha value is -4.63. The molecule has 0 spiro atoms. The number of rotatable bonds is 7. The van der Waals surface area contributed by atoms with Gasteiger partial charge in [-0.3, -0.25) is 14.9 Å². The fraction of sp³-hybridized carbons (Fsp3) is 0.0769. The minimum absolute atomic E-state index is 0.0215. The van der Waals surface area contributed by atoms with Crippen LogP contribution in [0.25, 0.3) is 6.08 Å². The van der Waals surface area contributed by atoms with Crippen molar-refractivity contribution in [2.24, 2.45) is 0 Å². The molecule has 10 heteroatoms. The lowest BCUT2D eigenvalue weighted by atomic mass is 10.1. The molecule has 3 aromatic rings. The first-order valence-electron chi connectivity index (χ1n) is 10.6. The Balaban J connectivity index is 1.63. The number of halogens is 1. The van der Waals surface area contributed by atoms with E-state index in [1.54, 1.807) is 6.07 Å². The summed E-state index contributed by atoms with van der Waals surface area (Å²) in [7, 11) is 1.43. The predicted octanol–water partition coefficient (Wildman–Crippen LogP) is 4.29. The lowest BCUT2D eigenvalue weighted by Crippen LogP contribution is -2.54. The maximum atomic E-state index is 13.1. The summed E-state index contributed by atoms with van der Waals surface area (Å²) in [4.78, 5) is 49.8. The molecular formula is C26H19ClN2O7. The number of ether oxygens (including phenoxy) is 2. The first kappa shape index (κ1) is 24.5. The molecule has 4 rings (SSSR count). The van der Waals surface area contributed by atoms with Crippen molar-refractivity contribution in [3.8, 4) is 11.5 Å². The molecule has 0 atom stereocenters. The van der Waals surface area contributed by atoms with Crippen molar-refractivity contribution in [3.63, 3.8) is 0 Å². The average molecular weight is 507 g/mol. The Morgan fingerprint density at radius 2 is 1.75 bits per heavy atom. The van der Waals surface area contributed by atoms with E-state index in [4.69, 9.17) is 26.2 Å². The van der Waals surface area contributed by atoms with Gasteiger partial charge in [0.15, 0.2) is 11.5 Å². The third kappa shape index (κ3) is 5.06. The number of carbonyl (C=O) groups excluding carboxylic acids is 3. The standard InChI is InChI=1S/C26H19ClN2O7/c1-35-21-13-16(12-20(27)22(21)36-14-15-5-3-2-4-6-15)11-19-23(30)28-26(34)29(24(19)31)18-9-7-17(8-10-18)25(32)33/h2-13H,14H2,1H3,(H,32,33)(H,28,30,34)/b19-11+. The lowest BCUT2D eigenvalue weighted by Gasteiger charge is -2.26. The summed E-state index contributed by atoms with van der Waals surface area (Å²) in [6.07, 6.45) is 1.28. The van der Waals surface area contributed by atoms with E-state index in [9.17, 15) is 19.2 Å². The molecule has 0 aromatic heterocycles. The van der Waals surface area contributed by atoms with Crippen molar-refractivity contribution in [1.29, 1.82) is 0 Å². The molecule has 1 heterocycles. The number of carboxylic acid groups (broad SMARTS) is 1. The Morgan fingerprint density at radius 3 is 2.39 bits per heavy atom. The second-order valence-corrected chi connectivity index (χ2v) is 8.03. The number of anilines is 1. The van der Waals surface area contributed by atoms with E-state index in [1.165, 1.54) is 43.5 Å². The first-order valence-corrected chi connectivity index (χ1v) is 11.0. The minimum Gasteiger partial charge on any atom is -0.493 e. The van der Waals surface area contributed by atoms with Gasteiger partial charge >= 0.3 is 12.0 Å². The Kier molecular flexibility index (Phi) is 7.03. The summed E-state index contributed by atoms with van der Waals surface area (Å²) in [5.41, 5.74) is 1.03. The van der Waals surface area contributed by atoms with Crippen LogP contribution in [0.4, 0.5) is 10.5 Å². The van der Waals surface area contributed by atoms with Gasteiger partial charge in [-0.15, -0.1) is 0 Å². The van der Waals surface area contributed by atoms with Crippen LogP contribution < -0.4 is 19.7 Å². The molecule has 0 radical (unpaired) electrons. The molecule has 3 aromatic carbocycles. The quantitative estimate of drug-likeness (QED) is 0.362. The van der Waals surface area contributed by atoms with Gasteiger partial charge in [-0.05, 0) is 53.6 Å². The highest BCUT2D eigenvalue weighted by Crippen LogP contribution is 2.38. The Labute approximate surface area is 210 Å². The molecule has 1 aliphatic rings. The maximum Gasteiger partial charge on any atom is 0.335 e. The number of methoxy groups -OCH3 is 1. The normalized spacial score (nSPS) is 14.6. The average Bonchev–Trinajstić information content (AvgIpc) is 2.86. The number of barbiturate groups is 1. The van der Waals surface area contributed by atoms with Crippen LogP contribution in [-0.2, 0) is 16.2 Å². The molecule has 36 heavy (non-hydrogen) atoms.